The van der Waals surface area contributed by atoms with E-state index in [1.165, 1.54) is 29.2 Å². The second-order valence-corrected chi connectivity index (χ2v) is 10.5. The van der Waals surface area contributed by atoms with Crippen LogP contribution in [0.4, 0.5) is 20.2 Å². The topological polar surface area (TPSA) is 87.1 Å². The number of alkyl halides is 1. The number of carboxylic acids is 1. The number of ether oxygens (including phenoxy) is 1. The third-order valence-corrected chi connectivity index (χ3v) is 8.28. The molecule has 0 aromatic heterocycles. The van der Waals surface area contributed by atoms with Crippen LogP contribution in [0.5, 0.6) is 5.75 Å². The third-order valence-electron chi connectivity index (χ3n) is 5.58. The van der Waals surface area contributed by atoms with E-state index in [1.807, 2.05) is 35.2 Å². The molecule has 0 saturated carbocycles. The first-order valence-electron chi connectivity index (χ1n) is 10.5. The molecule has 1 atom stereocenters. The lowest BCUT2D eigenvalue weighted by molar-refractivity contribution is -0.134. The molecule has 34 heavy (non-hydrogen) atoms. The summed E-state index contributed by atoms with van der Waals surface area (Å²) in [6.45, 7) is -0.120. The van der Waals surface area contributed by atoms with Crippen molar-refractivity contribution in [3.8, 4) is 5.75 Å². The molecule has 0 aliphatic carbocycles. The molecule has 1 aliphatic heterocycles. The lowest BCUT2D eigenvalue weighted by atomic mass is 10.1. The van der Waals surface area contributed by atoms with Crippen LogP contribution in [0.3, 0.4) is 0 Å². The zero-order chi connectivity index (χ0) is 24.9. The number of para-hydroxylation sites is 1. The maximum absolute atomic E-state index is 13.6. The van der Waals surface area contributed by atoms with Crippen molar-refractivity contribution in [1.29, 1.82) is 0 Å². The smallest absolute Gasteiger partial charge is 0.368 e. The molecule has 1 heterocycles. The van der Waals surface area contributed by atoms with Crippen LogP contribution in [0, 0.1) is 0 Å². The van der Waals surface area contributed by atoms with Crippen molar-refractivity contribution < 1.29 is 31.8 Å². The lowest BCUT2D eigenvalue weighted by Crippen LogP contribution is -2.40. The van der Waals surface area contributed by atoms with Gasteiger partial charge in [0.25, 0.3) is 0 Å². The molecule has 1 N–H and O–H groups in total. The quantitative estimate of drug-likeness (QED) is 0.220. The van der Waals surface area contributed by atoms with Crippen molar-refractivity contribution in [2.75, 3.05) is 31.4 Å². The molecule has 3 rings (SSSR count). The number of sulfonamides is 1. The van der Waals surface area contributed by atoms with Gasteiger partial charge in [-0.1, -0.05) is 18.2 Å². The number of carbonyl (C=O) groups is 1. The number of benzene rings is 2. The van der Waals surface area contributed by atoms with Gasteiger partial charge in [0.1, 0.15) is 16.9 Å². The number of anilines is 2. The number of hydrogen-bond acceptors (Lipinski definition) is 6. The molecule has 0 fully saturated rings. The Morgan fingerprint density at radius 3 is 2.59 bits per heavy atom. The molecular formula is C23H26F2N2O5S2. The van der Waals surface area contributed by atoms with E-state index < -0.39 is 34.5 Å². The van der Waals surface area contributed by atoms with Gasteiger partial charge < -0.3 is 14.7 Å². The second kappa shape index (κ2) is 11.2. The van der Waals surface area contributed by atoms with Gasteiger partial charge >= 0.3 is 5.97 Å². The summed E-state index contributed by atoms with van der Waals surface area (Å²) in [7, 11) is -2.52. The summed E-state index contributed by atoms with van der Waals surface area (Å²) in [6.07, 6.45) is 3.53. The Bertz CT molecular complexity index is 1160. The number of nitrogens with zero attached hydrogens (tertiary/aromatic N) is 2. The fourth-order valence-electron chi connectivity index (χ4n) is 3.74. The number of thioether (sulfide) groups is 1. The van der Waals surface area contributed by atoms with Gasteiger partial charge in [0.15, 0.2) is 0 Å². The van der Waals surface area contributed by atoms with E-state index in [4.69, 9.17) is 9.84 Å². The first kappa shape index (κ1) is 26.0. The standard InChI is InChI=1S/C23H26F2N2O5S2/c1-26-17(10-6-7-11-24)14-27(16-8-4-3-5-9-16)19-12-21(33-2)20(13-22(19)34(26,30)31)32-15-18(25)23(28)29/h3-5,8-9,12-13,15,17H,6-7,10-11,14H2,1-2H3,(H,28,29)/b18-15-/t17-/m1/s1. The highest BCUT2D eigenvalue weighted by Gasteiger charge is 2.37. The Labute approximate surface area is 202 Å². The maximum atomic E-state index is 13.6. The van der Waals surface area contributed by atoms with Gasteiger partial charge in [-0.2, -0.15) is 8.70 Å². The Morgan fingerprint density at radius 1 is 1.26 bits per heavy atom. The SMILES string of the molecule is CSc1cc2c(cc1O/C=C(\F)C(=O)O)S(=O)(=O)N(C)[C@H](CCCCF)CN2c1ccccc1. The lowest BCUT2D eigenvalue weighted by Gasteiger charge is -2.29. The normalized spacial score (nSPS) is 18.3. The van der Waals surface area contributed by atoms with Gasteiger partial charge in [-0.05, 0) is 43.7 Å². The van der Waals surface area contributed by atoms with E-state index in [0.717, 1.165) is 5.69 Å². The first-order chi connectivity index (χ1) is 16.2. The van der Waals surface area contributed by atoms with E-state index in [0.29, 0.717) is 42.7 Å². The minimum Gasteiger partial charge on any atom is -0.476 e. The Kier molecular flexibility index (Phi) is 8.56. The van der Waals surface area contributed by atoms with Crippen molar-refractivity contribution >= 4 is 39.1 Å². The minimum atomic E-state index is -4.01. The summed E-state index contributed by atoms with van der Waals surface area (Å²) in [4.78, 5) is 13.1. The molecule has 2 aromatic rings. The molecule has 0 saturated heterocycles. The highest BCUT2D eigenvalue weighted by molar-refractivity contribution is 7.98. The van der Waals surface area contributed by atoms with Crippen LogP contribution in [0.25, 0.3) is 0 Å². The molecular weight excluding hydrogens is 486 g/mol. The summed E-state index contributed by atoms with van der Waals surface area (Å²) in [5.41, 5.74) is 1.20. The Morgan fingerprint density at radius 2 is 1.97 bits per heavy atom. The number of hydrogen-bond donors (Lipinski definition) is 1. The molecule has 0 amide bonds. The molecule has 11 heteroatoms. The van der Waals surface area contributed by atoms with Gasteiger partial charge in [0.2, 0.25) is 15.9 Å². The van der Waals surface area contributed by atoms with E-state index in [-0.39, 0.29) is 10.6 Å². The van der Waals surface area contributed by atoms with Crippen molar-refractivity contribution in [3.05, 3.63) is 54.6 Å². The monoisotopic (exact) mass is 512 g/mol. The number of likely N-dealkylation sites (N-methyl/N-ethyl adjacent to an activating group) is 1. The molecule has 1 aliphatic rings. The van der Waals surface area contributed by atoms with Crippen LogP contribution in [0.2, 0.25) is 0 Å². The average Bonchev–Trinajstić information content (AvgIpc) is 2.91. The molecule has 0 bridgehead atoms. The number of fused-ring (bicyclic) bond motifs is 1. The molecule has 0 radical (unpaired) electrons. The predicted octanol–water partition coefficient (Wildman–Crippen LogP) is 4.96. The van der Waals surface area contributed by atoms with Crippen molar-refractivity contribution in [3.63, 3.8) is 0 Å². The van der Waals surface area contributed by atoms with Crippen LogP contribution in [0.15, 0.2) is 64.3 Å². The van der Waals surface area contributed by atoms with Gasteiger partial charge in [0.05, 0.1) is 17.3 Å². The fraction of sp³-hybridized carbons (Fsp3) is 0.348. The summed E-state index contributed by atoms with van der Waals surface area (Å²) in [5.74, 6) is -3.29. The van der Waals surface area contributed by atoms with Crippen LogP contribution in [0.1, 0.15) is 19.3 Å². The molecule has 0 spiro atoms. The third kappa shape index (κ3) is 5.53. The summed E-state index contributed by atoms with van der Waals surface area (Å²) < 4.78 is 60.0. The second-order valence-electron chi connectivity index (χ2n) is 7.67. The van der Waals surface area contributed by atoms with Crippen LogP contribution in [-0.2, 0) is 14.8 Å². The van der Waals surface area contributed by atoms with Crippen LogP contribution < -0.4 is 9.64 Å². The summed E-state index contributed by atoms with van der Waals surface area (Å²) in [5, 5.41) is 8.75. The highest BCUT2D eigenvalue weighted by atomic mass is 32.2. The van der Waals surface area contributed by atoms with Crippen LogP contribution >= 0.6 is 11.8 Å². The van der Waals surface area contributed by atoms with Gasteiger partial charge in [-0.15, -0.1) is 11.8 Å². The zero-order valence-electron chi connectivity index (χ0n) is 18.8. The van der Waals surface area contributed by atoms with Crippen molar-refractivity contribution in [2.24, 2.45) is 0 Å². The van der Waals surface area contributed by atoms with E-state index >= 15 is 0 Å². The summed E-state index contributed by atoms with van der Waals surface area (Å²) in [6, 6.07) is 11.8. The number of halogens is 2. The fourth-order valence-corrected chi connectivity index (χ4v) is 5.84. The van der Waals surface area contributed by atoms with Crippen LogP contribution in [-0.4, -0.2) is 56.4 Å². The van der Waals surface area contributed by atoms with Gasteiger partial charge in [0, 0.05) is 31.4 Å². The Balaban J connectivity index is 2.18. The minimum absolute atomic E-state index is 0.0171. The van der Waals surface area contributed by atoms with E-state index in [9.17, 15) is 22.0 Å². The first-order valence-corrected chi connectivity index (χ1v) is 13.2. The largest absolute Gasteiger partial charge is 0.476 e. The van der Waals surface area contributed by atoms with Crippen molar-refractivity contribution in [2.45, 2.75) is 35.1 Å². The van der Waals surface area contributed by atoms with E-state index in [2.05, 4.69) is 0 Å². The van der Waals surface area contributed by atoms with Gasteiger partial charge in [-0.25, -0.2) is 13.2 Å². The molecule has 184 valence electrons. The number of carboxylic acid groups (broad SMARTS) is 1. The average molecular weight is 513 g/mol. The van der Waals surface area contributed by atoms with Gasteiger partial charge in [-0.3, -0.25) is 4.39 Å². The number of aliphatic carboxylic acids is 1. The Hall–Kier alpha value is -2.63. The maximum Gasteiger partial charge on any atom is 0.368 e. The molecule has 7 nitrogen and oxygen atoms in total. The predicted molar refractivity (Wildman–Crippen MR) is 128 cm³/mol. The number of unbranched alkanes of at least 4 members (excludes halogenated alkanes) is 1. The molecule has 2 aromatic carbocycles. The van der Waals surface area contributed by atoms with Crippen molar-refractivity contribution in [1.82, 2.24) is 4.31 Å². The van der Waals surface area contributed by atoms with E-state index in [1.54, 1.807) is 12.3 Å². The number of rotatable bonds is 9. The zero-order valence-corrected chi connectivity index (χ0v) is 20.4. The summed E-state index contributed by atoms with van der Waals surface area (Å²) >= 11 is 1.25. The molecule has 0 unspecified atom stereocenters. The highest BCUT2D eigenvalue weighted by Crippen LogP contribution is 2.43.